The van der Waals surface area contributed by atoms with Crippen molar-refractivity contribution in [2.45, 2.75) is 33.2 Å². The van der Waals surface area contributed by atoms with Gasteiger partial charge in [0.1, 0.15) is 5.75 Å². The molecule has 0 fully saturated rings. The number of ether oxygens (including phenoxy) is 1. The summed E-state index contributed by atoms with van der Waals surface area (Å²) in [6.45, 7) is 4.45. The first kappa shape index (κ1) is 16.0. The summed E-state index contributed by atoms with van der Waals surface area (Å²) in [5, 5.41) is 9.33. The van der Waals surface area contributed by atoms with Gasteiger partial charge in [0.15, 0.2) is 0 Å². The molecule has 1 heterocycles. The Labute approximate surface area is 134 Å². The van der Waals surface area contributed by atoms with Gasteiger partial charge in [-0.15, -0.1) is 5.10 Å². The molecule has 0 aliphatic carbocycles. The molecule has 0 unspecified atom stereocenters. The number of benzene rings is 1. The van der Waals surface area contributed by atoms with Crippen molar-refractivity contribution in [2.24, 2.45) is 5.73 Å². The van der Waals surface area contributed by atoms with Crippen molar-refractivity contribution < 1.29 is 4.74 Å². The van der Waals surface area contributed by atoms with Crippen LogP contribution in [-0.4, -0.2) is 10.2 Å². The highest BCUT2D eigenvalue weighted by Crippen LogP contribution is 2.33. The largest absolute Gasteiger partial charge is 0.436 e. The molecule has 0 atom stereocenters. The van der Waals surface area contributed by atoms with E-state index < -0.39 is 0 Å². The number of hydrogen-bond donors (Lipinski definition) is 1. The minimum atomic E-state index is 0.340. The van der Waals surface area contributed by atoms with Gasteiger partial charge in [-0.25, -0.2) is 0 Å². The van der Waals surface area contributed by atoms with Gasteiger partial charge in [0.25, 0.3) is 0 Å². The lowest BCUT2D eigenvalue weighted by molar-refractivity contribution is 0.445. The predicted molar refractivity (Wildman–Crippen MR) is 85.2 cm³/mol. The van der Waals surface area contributed by atoms with Crippen LogP contribution in [0, 0.1) is 0 Å². The standard InChI is InChI=1S/C15H17Cl2N3O/c1-3-10-11(8-18)15(20-19-13(10)4-2)21-14-6-5-9(16)7-12(14)17/h5-7H,3-4,8,18H2,1-2H3. The molecule has 2 N–H and O–H groups in total. The second-order valence-corrected chi connectivity index (χ2v) is 5.34. The van der Waals surface area contributed by atoms with Crippen LogP contribution in [0.5, 0.6) is 11.6 Å². The number of aryl methyl sites for hydroxylation is 1. The number of nitrogens with zero attached hydrogens (tertiary/aromatic N) is 2. The van der Waals surface area contributed by atoms with Crippen LogP contribution in [0.3, 0.4) is 0 Å². The Morgan fingerprint density at radius 2 is 1.86 bits per heavy atom. The molecule has 1 aromatic carbocycles. The molecule has 112 valence electrons. The number of aromatic nitrogens is 2. The molecule has 0 aliphatic heterocycles. The molecule has 4 nitrogen and oxygen atoms in total. The van der Waals surface area contributed by atoms with Crippen LogP contribution < -0.4 is 10.5 Å². The fourth-order valence-corrected chi connectivity index (χ4v) is 2.63. The van der Waals surface area contributed by atoms with Crippen molar-refractivity contribution in [3.63, 3.8) is 0 Å². The number of rotatable bonds is 5. The second-order valence-electron chi connectivity index (χ2n) is 4.50. The van der Waals surface area contributed by atoms with E-state index in [-0.39, 0.29) is 0 Å². The van der Waals surface area contributed by atoms with E-state index in [1.54, 1.807) is 18.2 Å². The highest BCUT2D eigenvalue weighted by Gasteiger charge is 2.16. The molecule has 6 heteroatoms. The maximum absolute atomic E-state index is 6.12. The first-order valence-electron chi connectivity index (χ1n) is 6.80. The summed E-state index contributed by atoms with van der Waals surface area (Å²) in [4.78, 5) is 0. The van der Waals surface area contributed by atoms with E-state index in [2.05, 4.69) is 17.1 Å². The van der Waals surface area contributed by atoms with Crippen LogP contribution >= 0.6 is 23.2 Å². The highest BCUT2D eigenvalue weighted by atomic mass is 35.5. The molecular weight excluding hydrogens is 309 g/mol. The van der Waals surface area contributed by atoms with Gasteiger partial charge in [0, 0.05) is 17.1 Å². The third kappa shape index (κ3) is 3.46. The quantitative estimate of drug-likeness (QED) is 0.896. The molecule has 21 heavy (non-hydrogen) atoms. The number of nitrogens with two attached hydrogens (primary N) is 1. The van der Waals surface area contributed by atoms with Crippen LogP contribution in [0.25, 0.3) is 0 Å². The zero-order chi connectivity index (χ0) is 15.4. The van der Waals surface area contributed by atoms with Crippen LogP contribution in [0.4, 0.5) is 0 Å². The van der Waals surface area contributed by atoms with Gasteiger partial charge >= 0.3 is 0 Å². The summed E-state index contributed by atoms with van der Waals surface area (Å²) < 4.78 is 5.78. The van der Waals surface area contributed by atoms with Crippen molar-refractivity contribution in [3.05, 3.63) is 45.1 Å². The van der Waals surface area contributed by atoms with Crippen LogP contribution in [0.2, 0.25) is 10.0 Å². The first-order valence-corrected chi connectivity index (χ1v) is 7.56. The zero-order valence-corrected chi connectivity index (χ0v) is 13.5. The van der Waals surface area contributed by atoms with Crippen molar-refractivity contribution in [3.8, 4) is 11.6 Å². The predicted octanol–water partition coefficient (Wildman–Crippen LogP) is 4.16. The summed E-state index contributed by atoms with van der Waals surface area (Å²) in [6.07, 6.45) is 1.64. The molecule has 0 saturated carbocycles. The third-order valence-corrected chi connectivity index (χ3v) is 3.76. The van der Waals surface area contributed by atoms with E-state index in [1.165, 1.54) is 0 Å². The molecule has 0 amide bonds. The summed E-state index contributed by atoms with van der Waals surface area (Å²) >= 11 is 12.0. The lowest BCUT2D eigenvalue weighted by Crippen LogP contribution is -2.10. The van der Waals surface area contributed by atoms with Crippen LogP contribution in [0.15, 0.2) is 18.2 Å². The van der Waals surface area contributed by atoms with Crippen LogP contribution in [-0.2, 0) is 19.4 Å². The molecule has 0 radical (unpaired) electrons. The molecule has 0 bridgehead atoms. The summed E-state index contributed by atoms with van der Waals surface area (Å²) in [7, 11) is 0. The van der Waals surface area contributed by atoms with Crippen molar-refractivity contribution in [1.82, 2.24) is 10.2 Å². The van der Waals surface area contributed by atoms with Gasteiger partial charge in [-0.2, -0.15) is 5.10 Å². The molecule has 2 rings (SSSR count). The molecule has 0 spiro atoms. The Kier molecular flexibility index (Phi) is 5.39. The Hall–Kier alpha value is -1.36. The molecule has 0 saturated heterocycles. The highest BCUT2D eigenvalue weighted by molar-refractivity contribution is 6.35. The van der Waals surface area contributed by atoms with Gasteiger partial charge in [-0.1, -0.05) is 37.0 Å². The van der Waals surface area contributed by atoms with Gasteiger partial charge in [0.2, 0.25) is 5.88 Å². The fraction of sp³-hybridized carbons (Fsp3) is 0.333. The number of hydrogen-bond acceptors (Lipinski definition) is 4. The first-order chi connectivity index (χ1) is 10.1. The van der Waals surface area contributed by atoms with Gasteiger partial charge in [0.05, 0.1) is 10.7 Å². The monoisotopic (exact) mass is 325 g/mol. The normalized spacial score (nSPS) is 10.7. The Balaban J connectivity index is 2.44. The van der Waals surface area contributed by atoms with E-state index in [1.807, 2.05) is 6.92 Å². The average Bonchev–Trinajstić information content (AvgIpc) is 2.49. The van der Waals surface area contributed by atoms with Crippen molar-refractivity contribution in [2.75, 3.05) is 0 Å². The van der Waals surface area contributed by atoms with E-state index >= 15 is 0 Å². The van der Waals surface area contributed by atoms with Crippen molar-refractivity contribution in [1.29, 1.82) is 0 Å². The average molecular weight is 326 g/mol. The van der Waals surface area contributed by atoms with Gasteiger partial charge in [-0.3, -0.25) is 0 Å². The maximum atomic E-state index is 6.12. The molecule has 1 aromatic heterocycles. The van der Waals surface area contributed by atoms with Crippen molar-refractivity contribution >= 4 is 23.2 Å². The van der Waals surface area contributed by atoms with Gasteiger partial charge < -0.3 is 10.5 Å². The summed E-state index contributed by atoms with van der Waals surface area (Å²) in [5.41, 5.74) is 8.78. The lowest BCUT2D eigenvalue weighted by Gasteiger charge is -2.15. The summed E-state index contributed by atoms with van der Waals surface area (Å²) in [5.74, 6) is 0.882. The minimum absolute atomic E-state index is 0.340. The van der Waals surface area contributed by atoms with E-state index in [9.17, 15) is 0 Å². The summed E-state index contributed by atoms with van der Waals surface area (Å²) in [6, 6.07) is 5.03. The SMILES string of the molecule is CCc1nnc(Oc2ccc(Cl)cc2Cl)c(CN)c1CC. The zero-order valence-electron chi connectivity index (χ0n) is 12.0. The van der Waals surface area contributed by atoms with Crippen LogP contribution in [0.1, 0.15) is 30.7 Å². The molecule has 0 aliphatic rings. The van der Waals surface area contributed by atoms with E-state index in [4.69, 9.17) is 33.7 Å². The fourth-order valence-electron chi connectivity index (χ4n) is 2.19. The Morgan fingerprint density at radius 1 is 1.10 bits per heavy atom. The van der Waals surface area contributed by atoms with E-state index in [0.717, 1.165) is 29.7 Å². The maximum Gasteiger partial charge on any atom is 0.243 e. The molecular formula is C15H17Cl2N3O. The Morgan fingerprint density at radius 3 is 2.43 bits per heavy atom. The van der Waals surface area contributed by atoms with Gasteiger partial charge in [-0.05, 0) is 36.6 Å². The second kappa shape index (κ2) is 7.07. The number of halogens is 2. The third-order valence-electron chi connectivity index (χ3n) is 3.23. The Bertz CT molecular complexity index is 647. The molecule has 2 aromatic rings. The van der Waals surface area contributed by atoms with E-state index in [0.29, 0.717) is 28.2 Å². The topological polar surface area (TPSA) is 61.0 Å². The smallest absolute Gasteiger partial charge is 0.243 e. The lowest BCUT2D eigenvalue weighted by atomic mass is 10.0. The minimum Gasteiger partial charge on any atom is -0.436 e.